The second-order valence-electron chi connectivity index (χ2n) is 19.6. The topological polar surface area (TPSA) is 16.3 Å². The minimum Gasteiger partial charge on any atom is -0.341 e. The number of hydrogen-bond acceptors (Lipinski definition) is 3. The molecule has 0 bridgehead atoms. The Morgan fingerprint density at radius 1 is 0.347 bits per heavy atom. The quantitative estimate of drug-likeness (QED) is 0.151. The van der Waals surface area contributed by atoms with Crippen LogP contribution in [0.3, 0.4) is 0 Å². The maximum atomic E-state index is 2.52. The predicted molar refractivity (Wildman–Crippen MR) is 304 cm³/mol. The van der Waals surface area contributed by atoms with Gasteiger partial charge in [0, 0.05) is 101 Å². The van der Waals surface area contributed by atoms with Crippen molar-refractivity contribution in [3.05, 3.63) is 252 Å². The fourth-order valence-corrected chi connectivity index (χ4v) is 13.8. The zero-order valence-corrected chi connectivity index (χ0v) is 41.7. The predicted octanol–water partition coefficient (Wildman–Crippen LogP) is 18.3. The molecule has 1 aliphatic carbocycles. The highest BCUT2D eigenvalue weighted by Gasteiger charge is 2.51. The molecule has 3 heterocycles. The second-order valence-corrected chi connectivity index (χ2v) is 20.7. The molecule has 72 heavy (non-hydrogen) atoms. The molecule has 346 valence electrons. The van der Waals surface area contributed by atoms with Crippen LogP contribution in [0.5, 0.6) is 0 Å². The molecule has 4 nitrogen and oxygen atoms in total. The van der Waals surface area contributed by atoms with Crippen molar-refractivity contribution in [3.8, 4) is 11.1 Å². The molecular formula is C67H52N4S. The summed E-state index contributed by atoms with van der Waals surface area (Å²) in [4.78, 5) is 7.50. The van der Waals surface area contributed by atoms with Crippen molar-refractivity contribution in [2.45, 2.75) is 56.0 Å². The van der Waals surface area contributed by atoms with Gasteiger partial charge in [0.1, 0.15) is 0 Å². The molecule has 0 atom stereocenters. The minimum absolute atomic E-state index is 0.619. The third-order valence-corrected chi connectivity index (χ3v) is 16.8. The summed E-state index contributed by atoms with van der Waals surface area (Å²) in [6.45, 7) is 10.7. The van der Waals surface area contributed by atoms with E-state index in [0.29, 0.717) is 0 Å². The standard InChI is InChI=1S/C67H52N4S/c1-5-68-61-33-25-43(3)37-53(61)55-39-47(29-35-63(55)68)70(45-17-9-7-10-18-45)49-27-31-51-52-32-28-50(42-60(52)67(59(51)41-49)57-21-13-15-23-65(57)72-66-24-16-14-22-58(66)67)71(46-19-11-8-12-20-46)48-30-36-64-56(40-48)54-38-44(4)26-34-62(54)69(64)6-2/h7-42H,5-6H2,1-4H3. The van der Waals surface area contributed by atoms with Crippen LogP contribution in [-0.4, -0.2) is 9.13 Å². The molecule has 0 amide bonds. The summed E-state index contributed by atoms with van der Waals surface area (Å²) in [6.07, 6.45) is 0. The zero-order valence-electron chi connectivity index (χ0n) is 40.9. The smallest absolute Gasteiger partial charge is 0.0736 e. The largest absolute Gasteiger partial charge is 0.341 e. The van der Waals surface area contributed by atoms with E-state index in [4.69, 9.17) is 0 Å². The molecule has 0 unspecified atom stereocenters. The Kier molecular flexibility index (Phi) is 9.71. The van der Waals surface area contributed by atoms with Crippen LogP contribution >= 0.6 is 11.8 Å². The normalized spacial score (nSPS) is 13.2. The lowest BCUT2D eigenvalue weighted by Gasteiger charge is -2.40. The van der Waals surface area contributed by atoms with Crippen molar-refractivity contribution in [2.24, 2.45) is 0 Å². The Morgan fingerprint density at radius 2 is 0.708 bits per heavy atom. The molecule has 0 radical (unpaired) electrons. The summed E-state index contributed by atoms with van der Waals surface area (Å²) in [7, 11) is 0. The molecule has 14 rings (SSSR count). The van der Waals surface area contributed by atoms with Crippen LogP contribution in [-0.2, 0) is 18.5 Å². The Balaban J connectivity index is 1.01. The van der Waals surface area contributed by atoms with Gasteiger partial charge in [-0.15, -0.1) is 0 Å². The van der Waals surface area contributed by atoms with E-state index in [1.54, 1.807) is 0 Å². The number of anilines is 6. The molecule has 10 aromatic carbocycles. The molecule has 0 fully saturated rings. The van der Waals surface area contributed by atoms with Crippen LogP contribution in [0, 0.1) is 13.8 Å². The van der Waals surface area contributed by atoms with E-state index < -0.39 is 5.41 Å². The van der Waals surface area contributed by atoms with Crippen LogP contribution in [0.2, 0.25) is 0 Å². The van der Waals surface area contributed by atoms with Gasteiger partial charge in [-0.05, 0) is 182 Å². The summed E-state index contributed by atoms with van der Waals surface area (Å²) in [5.74, 6) is 0. The maximum Gasteiger partial charge on any atom is 0.0736 e. The molecule has 0 saturated heterocycles. The van der Waals surface area contributed by atoms with Crippen LogP contribution in [0.1, 0.15) is 47.2 Å². The van der Waals surface area contributed by atoms with Crippen molar-refractivity contribution in [1.82, 2.24) is 9.13 Å². The lowest BCUT2D eigenvalue weighted by atomic mass is 9.67. The first-order valence-electron chi connectivity index (χ1n) is 25.3. The first-order chi connectivity index (χ1) is 35.4. The van der Waals surface area contributed by atoms with Gasteiger partial charge < -0.3 is 18.9 Å². The first-order valence-corrected chi connectivity index (χ1v) is 26.2. The lowest BCUT2D eigenvalue weighted by molar-refractivity contribution is 0.722. The fraction of sp³-hybridized carbons (Fsp3) is 0.104. The molecule has 2 aliphatic rings. The van der Waals surface area contributed by atoms with E-state index in [0.717, 1.165) is 47.2 Å². The number of aryl methyl sites for hydroxylation is 4. The molecule has 5 heteroatoms. The van der Waals surface area contributed by atoms with Crippen molar-refractivity contribution in [3.63, 3.8) is 0 Å². The summed E-state index contributed by atoms with van der Waals surface area (Å²) in [5, 5.41) is 5.13. The van der Waals surface area contributed by atoms with E-state index in [2.05, 4.69) is 265 Å². The summed E-state index contributed by atoms with van der Waals surface area (Å²) in [6, 6.07) is 82.5. The van der Waals surface area contributed by atoms with E-state index in [9.17, 15) is 0 Å². The van der Waals surface area contributed by atoms with Crippen LogP contribution in [0.4, 0.5) is 34.1 Å². The van der Waals surface area contributed by atoms with Gasteiger partial charge in [-0.25, -0.2) is 0 Å². The highest BCUT2D eigenvalue weighted by Crippen LogP contribution is 2.63. The van der Waals surface area contributed by atoms with E-state index in [1.807, 2.05) is 11.8 Å². The number of rotatable bonds is 8. The number of aromatic nitrogens is 2. The van der Waals surface area contributed by atoms with Crippen LogP contribution < -0.4 is 9.80 Å². The number of hydrogen-bond donors (Lipinski definition) is 0. The molecule has 0 N–H and O–H groups in total. The second kappa shape index (κ2) is 16.4. The Labute approximate surface area is 425 Å². The molecule has 12 aromatic rings. The van der Waals surface area contributed by atoms with Crippen molar-refractivity contribution >= 4 is 89.5 Å². The van der Waals surface area contributed by atoms with Crippen molar-refractivity contribution < 1.29 is 0 Å². The zero-order chi connectivity index (χ0) is 48.2. The fourth-order valence-electron chi connectivity index (χ4n) is 12.6. The lowest BCUT2D eigenvalue weighted by Crippen LogP contribution is -2.32. The number of nitrogens with zero attached hydrogens (tertiary/aromatic N) is 4. The Bertz CT molecular complexity index is 3880. The number of fused-ring (bicyclic) bond motifs is 15. The number of para-hydroxylation sites is 2. The monoisotopic (exact) mass is 944 g/mol. The number of benzene rings is 10. The highest BCUT2D eigenvalue weighted by atomic mass is 32.2. The first kappa shape index (κ1) is 42.6. The van der Waals surface area contributed by atoms with Gasteiger partial charge in [-0.3, -0.25) is 0 Å². The average Bonchev–Trinajstić information content (AvgIpc) is 4.02. The van der Waals surface area contributed by atoms with Gasteiger partial charge >= 0.3 is 0 Å². The summed E-state index contributed by atoms with van der Waals surface area (Å²) in [5.41, 5.74) is 21.5. The molecule has 1 spiro atoms. The average molecular weight is 945 g/mol. The SMILES string of the molecule is CCn1c2ccc(C)cc2c2cc(N(c3ccccc3)c3ccc4c(c3)C3(c5ccccc5Sc5ccccc53)c3cc(N(c5ccccc5)c5ccc6c(c5)c5cc(C)ccc5n6CC)ccc3-4)ccc21. The van der Waals surface area contributed by atoms with Gasteiger partial charge in [0.15, 0.2) is 0 Å². The molecule has 0 saturated carbocycles. The van der Waals surface area contributed by atoms with Crippen molar-refractivity contribution in [1.29, 1.82) is 0 Å². The summed E-state index contributed by atoms with van der Waals surface area (Å²) >= 11 is 1.89. The maximum absolute atomic E-state index is 2.52. The third kappa shape index (κ3) is 6.20. The van der Waals surface area contributed by atoms with Gasteiger partial charge in [-0.2, -0.15) is 0 Å². The van der Waals surface area contributed by atoms with Crippen LogP contribution in [0.15, 0.2) is 228 Å². The minimum atomic E-state index is -0.619. The van der Waals surface area contributed by atoms with E-state index in [-0.39, 0.29) is 0 Å². The van der Waals surface area contributed by atoms with E-state index in [1.165, 1.54) is 97.9 Å². The molecule has 2 aromatic heterocycles. The summed E-state index contributed by atoms with van der Waals surface area (Å²) < 4.78 is 4.90. The van der Waals surface area contributed by atoms with Crippen LogP contribution in [0.25, 0.3) is 54.7 Å². The van der Waals surface area contributed by atoms with Gasteiger partial charge in [0.05, 0.1) is 5.41 Å². The molecular weight excluding hydrogens is 893 g/mol. The third-order valence-electron chi connectivity index (χ3n) is 15.6. The highest BCUT2D eigenvalue weighted by molar-refractivity contribution is 7.99. The van der Waals surface area contributed by atoms with Gasteiger partial charge in [0.2, 0.25) is 0 Å². The van der Waals surface area contributed by atoms with Gasteiger partial charge in [-0.1, -0.05) is 120 Å². The Morgan fingerprint density at radius 3 is 1.14 bits per heavy atom. The van der Waals surface area contributed by atoms with E-state index >= 15 is 0 Å². The van der Waals surface area contributed by atoms with Crippen molar-refractivity contribution in [2.75, 3.05) is 9.80 Å². The Hall–Kier alpha value is -8.25. The molecule has 1 aliphatic heterocycles. The van der Waals surface area contributed by atoms with Gasteiger partial charge in [0.25, 0.3) is 0 Å².